The minimum atomic E-state index is 0.313. The highest BCUT2D eigenvalue weighted by Crippen LogP contribution is 2.34. The molecule has 0 bridgehead atoms. The third-order valence-electron chi connectivity index (χ3n) is 2.30. The fraction of sp³-hybridized carbons (Fsp3) is 0.700. The summed E-state index contributed by atoms with van der Waals surface area (Å²) in [4.78, 5) is 1.45. The van der Waals surface area contributed by atoms with Crippen molar-refractivity contribution in [3.63, 3.8) is 0 Å². The van der Waals surface area contributed by atoms with Crippen LogP contribution in [0.5, 0.6) is 0 Å². The molecule has 0 radical (unpaired) electrons. The van der Waals surface area contributed by atoms with Crippen molar-refractivity contribution in [2.45, 2.75) is 45.4 Å². The molecule has 0 spiro atoms. The van der Waals surface area contributed by atoms with E-state index >= 15 is 0 Å². The van der Waals surface area contributed by atoms with E-state index in [1.54, 1.807) is 11.5 Å². The predicted molar refractivity (Wildman–Crippen MR) is 67.4 cm³/mol. The van der Waals surface area contributed by atoms with Crippen LogP contribution in [0.3, 0.4) is 0 Å². The van der Waals surface area contributed by atoms with E-state index in [0.29, 0.717) is 5.41 Å². The predicted octanol–water partition coefficient (Wildman–Crippen LogP) is 4.22. The third kappa shape index (κ3) is 2.91. The van der Waals surface area contributed by atoms with E-state index in [9.17, 15) is 0 Å². The number of hydrogen-bond donors (Lipinski definition) is 0. The molecule has 0 saturated heterocycles. The first-order chi connectivity index (χ1) is 6.08. The Balaban J connectivity index is 2.74. The van der Waals surface area contributed by atoms with Gasteiger partial charge in [-0.3, -0.25) is 0 Å². The molecular formula is C10H16INS. The van der Waals surface area contributed by atoms with Crippen LogP contribution in [-0.2, 0) is 5.41 Å². The molecule has 1 aromatic rings. The lowest BCUT2D eigenvalue weighted by molar-refractivity contribution is 0.464. The molecule has 0 aliphatic rings. The number of aromatic nitrogens is 1. The first-order valence-electron chi connectivity index (χ1n) is 4.68. The largest absolute Gasteiger partial charge is 0.200 e. The minimum Gasteiger partial charge on any atom is -0.200 e. The Morgan fingerprint density at radius 3 is 2.69 bits per heavy atom. The fourth-order valence-corrected chi connectivity index (χ4v) is 3.51. The maximum absolute atomic E-state index is 4.23. The van der Waals surface area contributed by atoms with Crippen LogP contribution in [0.25, 0.3) is 0 Å². The Hall–Kier alpha value is 0.360. The lowest BCUT2D eigenvalue weighted by atomic mass is 9.86. The number of nitrogens with zero attached hydrogens (tertiary/aromatic N) is 1. The molecule has 0 atom stereocenters. The number of rotatable bonds is 4. The zero-order valence-electron chi connectivity index (χ0n) is 8.43. The second-order valence-electron chi connectivity index (χ2n) is 3.99. The van der Waals surface area contributed by atoms with E-state index in [-0.39, 0.29) is 0 Å². The summed E-state index contributed by atoms with van der Waals surface area (Å²) in [7, 11) is 0. The van der Waals surface area contributed by atoms with Crippen LogP contribution in [0.1, 0.15) is 44.9 Å². The van der Waals surface area contributed by atoms with Crippen molar-refractivity contribution in [1.29, 1.82) is 0 Å². The van der Waals surface area contributed by atoms with Gasteiger partial charge in [-0.05, 0) is 40.5 Å². The van der Waals surface area contributed by atoms with E-state index in [4.69, 9.17) is 0 Å². The van der Waals surface area contributed by atoms with Crippen molar-refractivity contribution >= 4 is 34.1 Å². The molecule has 3 heteroatoms. The van der Waals surface area contributed by atoms with Crippen LogP contribution in [0.2, 0.25) is 0 Å². The molecule has 0 saturated carbocycles. The normalized spacial score (nSPS) is 12.0. The molecular weight excluding hydrogens is 293 g/mol. The topological polar surface area (TPSA) is 12.9 Å². The third-order valence-corrected chi connectivity index (χ3v) is 4.65. The average molecular weight is 309 g/mol. The first-order valence-corrected chi connectivity index (χ1v) is 6.54. The standard InChI is InChI=1S/C10H16INS/c1-4-5-6-10(2,3)9-8(11)7-12-13-9/h7H,4-6H2,1-3H3. The van der Waals surface area contributed by atoms with Crippen LogP contribution in [0.4, 0.5) is 0 Å². The van der Waals surface area contributed by atoms with Gasteiger partial charge in [0.05, 0.1) is 6.20 Å². The summed E-state index contributed by atoms with van der Waals surface area (Å²) in [6.45, 7) is 6.88. The van der Waals surface area contributed by atoms with Crippen LogP contribution in [0, 0.1) is 3.57 Å². The van der Waals surface area contributed by atoms with Crippen molar-refractivity contribution in [1.82, 2.24) is 4.37 Å². The minimum absolute atomic E-state index is 0.313. The van der Waals surface area contributed by atoms with E-state index in [1.165, 1.54) is 27.7 Å². The van der Waals surface area contributed by atoms with Crippen molar-refractivity contribution < 1.29 is 0 Å². The van der Waals surface area contributed by atoms with Gasteiger partial charge in [-0.25, -0.2) is 0 Å². The molecule has 1 heterocycles. The molecule has 1 rings (SSSR count). The van der Waals surface area contributed by atoms with Crippen molar-refractivity contribution in [3.8, 4) is 0 Å². The summed E-state index contributed by atoms with van der Waals surface area (Å²) in [6.07, 6.45) is 5.82. The highest BCUT2D eigenvalue weighted by atomic mass is 127. The van der Waals surface area contributed by atoms with Gasteiger partial charge in [0.2, 0.25) is 0 Å². The Morgan fingerprint density at radius 2 is 2.23 bits per heavy atom. The Kier molecular flexibility index (Phi) is 4.16. The lowest BCUT2D eigenvalue weighted by Gasteiger charge is -2.22. The number of hydrogen-bond acceptors (Lipinski definition) is 2. The Morgan fingerprint density at radius 1 is 1.54 bits per heavy atom. The molecule has 0 aromatic carbocycles. The summed E-state index contributed by atoms with van der Waals surface area (Å²) >= 11 is 4.03. The van der Waals surface area contributed by atoms with Gasteiger partial charge in [-0.2, -0.15) is 4.37 Å². The summed E-state index contributed by atoms with van der Waals surface area (Å²) in [5.74, 6) is 0. The van der Waals surface area contributed by atoms with Gasteiger partial charge in [0.1, 0.15) is 0 Å². The van der Waals surface area contributed by atoms with Crippen LogP contribution < -0.4 is 0 Å². The quantitative estimate of drug-likeness (QED) is 0.759. The maximum Gasteiger partial charge on any atom is 0.0543 e. The van der Waals surface area contributed by atoms with E-state index in [2.05, 4.69) is 47.7 Å². The summed E-state index contributed by atoms with van der Waals surface area (Å²) < 4.78 is 5.55. The second-order valence-corrected chi connectivity index (χ2v) is 5.95. The first kappa shape index (κ1) is 11.4. The smallest absolute Gasteiger partial charge is 0.0543 e. The zero-order valence-corrected chi connectivity index (χ0v) is 11.4. The van der Waals surface area contributed by atoms with Crippen LogP contribution in [0.15, 0.2) is 6.20 Å². The van der Waals surface area contributed by atoms with Gasteiger partial charge >= 0.3 is 0 Å². The molecule has 1 aromatic heterocycles. The SMILES string of the molecule is CCCCC(C)(C)c1sncc1I. The zero-order chi connectivity index (χ0) is 9.90. The van der Waals surface area contributed by atoms with Gasteiger partial charge in [0.25, 0.3) is 0 Å². The summed E-state index contributed by atoms with van der Waals surface area (Å²) in [5.41, 5.74) is 0.313. The summed E-state index contributed by atoms with van der Waals surface area (Å²) in [6, 6.07) is 0. The van der Waals surface area contributed by atoms with Crippen LogP contribution >= 0.6 is 34.1 Å². The van der Waals surface area contributed by atoms with Crippen molar-refractivity contribution in [2.75, 3.05) is 0 Å². The molecule has 74 valence electrons. The highest BCUT2D eigenvalue weighted by molar-refractivity contribution is 14.1. The molecule has 1 nitrogen and oxygen atoms in total. The molecule has 0 N–H and O–H groups in total. The lowest BCUT2D eigenvalue weighted by Crippen LogP contribution is -2.16. The molecule has 0 unspecified atom stereocenters. The number of unbranched alkanes of at least 4 members (excludes halogenated alkanes) is 1. The second kappa shape index (κ2) is 4.73. The molecule has 13 heavy (non-hydrogen) atoms. The Bertz CT molecular complexity index is 268. The molecule has 0 aliphatic heterocycles. The van der Waals surface area contributed by atoms with E-state index < -0.39 is 0 Å². The highest BCUT2D eigenvalue weighted by Gasteiger charge is 2.24. The van der Waals surface area contributed by atoms with Crippen molar-refractivity contribution in [3.05, 3.63) is 14.6 Å². The molecule has 0 fully saturated rings. The Labute approximate surface area is 98.2 Å². The van der Waals surface area contributed by atoms with Crippen LogP contribution in [-0.4, -0.2) is 4.37 Å². The van der Waals surface area contributed by atoms with Gasteiger partial charge in [0.15, 0.2) is 0 Å². The molecule has 0 amide bonds. The van der Waals surface area contributed by atoms with E-state index in [1.807, 2.05) is 6.20 Å². The van der Waals surface area contributed by atoms with Gasteiger partial charge in [0, 0.05) is 13.9 Å². The van der Waals surface area contributed by atoms with E-state index in [0.717, 1.165) is 0 Å². The maximum atomic E-state index is 4.23. The van der Waals surface area contributed by atoms with Gasteiger partial charge < -0.3 is 0 Å². The number of halogens is 1. The van der Waals surface area contributed by atoms with Gasteiger partial charge in [-0.15, -0.1) is 0 Å². The average Bonchev–Trinajstić information content (AvgIpc) is 2.48. The monoisotopic (exact) mass is 309 g/mol. The molecule has 0 aliphatic carbocycles. The summed E-state index contributed by atoms with van der Waals surface area (Å²) in [5, 5.41) is 0. The fourth-order valence-electron chi connectivity index (χ4n) is 1.41. The van der Waals surface area contributed by atoms with Crippen molar-refractivity contribution in [2.24, 2.45) is 0 Å². The van der Waals surface area contributed by atoms with Gasteiger partial charge in [-0.1, -0.05) is 33.6 Å².